The molecule has 6 nitrogen and oxygen atoms in total. The Hall–Kier alpha value is -3.06. The lowest BCUT2D eigenvalue weighted by atomic mass is 9.94. The summed E-state index contributed by atoms with van der Waals surface area (Å²) in [6, 6.07) is 16.6. The van der Waals surface area contributed by atoms with Crippen LogP contribution in [-0.4, -0.2) is 28.9 Å². The van der Waals surface area contributed by atoms with Crippen LogP contribution in [0.3, 0.4) is 0 Å². The Labute approximate surface area is 200 Å². The third kappa shape index (κ3) is 4.06. The molecule has 0 unspecified atom stereocenters. The van der Waals surface area contributed by atoms with E-state index in [0.717, 1.165) is 22.9 Å². The van der Waals surface area contributed by atoms with Crippen LogP contribution >= 0.6 is 12.2 Å². The number of aromatic nitrogens is 2. The molecule has 2 aromatic heterocycles. The number of hydrogen-bond acceptors (Lipinski definition) is 4. The molecule has 0 radical (unpaired) electrons. The first kappa shape index (κ1) is 21.8. The molecule has 172 valence electrons. The first-order chi connectivity index (χ1) is 16.2. The van der Waals surface area contributed by atoms with E-state index in [1.807, 2.05) is 36.5 Å². The van der Waals surface area contributed by atoms with E-state index >= 15 is 0 Å². The van der Waals surface area contributed by atoms with Gasteiger partial charge in [-0.15, -0.1) is 0 Å². The summed E-state index contributed by atoms with van der Waals surface area (Å²) < 4.78 is 13.8. The van der Waals surface area contributed by atoms with Gasteiger partial charge in [-0.25, -0.2) is 0 Å². The van der Waals surface area contributed by atoms with Crippen LogP contribution in [0.5, 0.6) is 11.5 Å². The molecular weight excluding hydrogens is 432 g/mol. The number of rotatable bonds is 6. The quantitative estimate of drug-likeness (QED) is 0.483. The van der Waals surface area contributed by atoms with E-state index in [2.05, 4.69) is 44.2 Å². The smallest absolute Gasteiger partial charge is 0.174 e. The molecule has 1 saturated heterocycles. The van der Waals surface area contributed by atoms with Crippen molar-refractivity contribution in [3.63, 3.8) is 0 Å². The van der Waals surface area contributed by atoms with Gasteiger partial charge >= 0.3 is 0 Å². The van der Waals surface area contributed by atoms with Gasteiger partial charge < -0.3 is 24.3 Å². The zero-order valence-corrected chi connectivity index (χ0v) is 19.9. The zero-order chi connectivity index (χ0) is 22.8. The highest BCUT2D eigenvalue weighted by Crippen LogP contribution is 2.46. The molecule has 33 heavy (non-hydrogen) atoms. The number of hydrogen-bond donors (Lipinski definition) is 1. The Kier molecular flexibility index (Phi) is 6.22. The van der Waals surface area contributed by atoms with Crippen molar-refractivity contribution in [3.8, 4) is 11.5 Å². The lowest BCUT2D eigenvalue weighted by Crippen LogP contribution is -2.31. The Morgan fingerprint density at radius 2 is 1.85 bits per heavy atom. The normalized spacial score (nSPS) is 21.2. The van der Waals surface area contributed by atoms with E-state index < -0.39 is 0 Å². The molecule has 1 aliphatic carbocycles. The van der Waals surface area contributed by atoms with Gasteiger partial charge in [0.05, 0.1) is 31.6 Å². The molecule has 2 fully saturated rings. The third-order valence-electron chi connectivity index (χ3n) is 6.83. The van der Waals surface area contributed by atoms with Crippen LogP contribution in [0.15, 0.2) is 60.9 Å². The highest BCUT2D eigenvalue weighted by molar-refractivity contribution is 7.80. The maximum absolute atomic E-state index is 5.92. The molecule has 0 bridgehead atoms. The first-order valence-corrected chi connectivity index (χ1v) is 12.0. The van der Waals surface area contributed by atoms with Crippen molar-refractivity contribution in [3.05, 3.63) is 72.3 Å². The van der Waals surface area contributed by atoms with Crippen LogP contribution in [-0.2, 0) is 0 Å². The highest BCUT2D eigenvalue weighted by atomic mass is 32.1. The average Bonchev–Trinajstić information content (AvgIpc) is 3.49. The van der Waals surface area contributed by atoms with Crippen molar-refractivity contribution in [1.29, 1.82) is 0 Å². The summed E-state index contributed by atoms with van der Waals surface area (Å²) in [6.45, 7) is 0. The van der Waals surface area contributed by atoms with Gasteiger partial charge in [-0.3, -0.25) is 4.98 Å². The summed E-state index contributed by atoms with van der Waals surface area (Å²) in [5.41, 5.74) is 3.08. The molecule has 0 amide bonds. The van der Waals surface area contributed by atoms with Crippen molar-refractivity contribution in [2.45, 2.75) is 50.2 Å². The van der Waals surface area contributed by atoms with E-state index in [1.54, 1.807) is 14.2 Å². The van der Waals surface area contributed by atoms with Gasteiger partial charge in [-0.1, -0.05) is 25.3 Å². The Morgan fingerprint density at radius 3 is 2.58 bits per heavy atom. The van der Waals surface area contributed by atoms with Gasteiger partial charge in [0.2, 0.25) is 0 Å². The van der Waals surface area contributed by atoms with Gasteiger partial charge in [0.1, 0.15) is 17.5 Å². The van der Waals surface area contributed by atoms with E-state index in [-0.39, 0.29) is 12.1 Å². The molecule has 2 aliphatic rings. The van der Waals surface area contributed by atoms with Crippen molar-refractivity contribution in [2.24, 2.45) is 0 Å². The summed E-state index contributed by atoms with van der Waals surface area (Å²) in [5, 5.41) is 4.21. The summed E-state index contributed by atoms with van der Waals surface area (Å²) in [5.74, 6) is 1.51. The number of pyridine rings is 1. The predicted molar refractivity (Wildman–Crippen MR) is 134 cm³/mol. The summed E-state index contributed by atoms with van der Waals surface area (Å²) in [6.07, 6.45) is 10.4. The average molecular weight is 463 g/mol. The van der Waals surface area contributed by atoms with Crippen molar-refractivity contribution in [1.82, 2.24) is 14.9 Å². The summed E-state index contributed by atoms with van der Waals surface area (Å²) in [7, 11) is 3.36. The summed E-state index contributed by atoms with van der Waals surface area (Å²) in [4.78, 5) is 6.86. The number of benzene rings is 1. The minimum absolute atomic E-state index is 0.0784. The first-order valence-electron chi connectivity index (χ1n) is 11.6. The molecule has 1 N–H and O–H groups in total. The largest absolute Gasteiger partial charge is 0.497 e. The monoisotopic (exact) mass is 462 g/mol. The molecule has 3 heterocycles. The second-order valence-electron chi connectivity index (χ2n) is 8.67. The van der Waals surface area contributed by atoms with E-state index in [0.29, 0.717) is 11.2 Å². The van der Waals surface area contributed by atoms with Gasteiger partial charge in [0.25, 0.3) is 0 Å². The van der Waals surface area contributed by atoms with Crippen molar-refractivity contribution in [2.75, 3.05) is 19.1 Å². The second-order valence-corrected chi connectivity index (χ2v) is 9.05. The van der Waals surface area contributed by atoms with E-state index in [9.17, 15) is 0 Å². The van der Waals surface area contributed by atoms with Gasteiger partial charge in [0, 0.05) is 30.2 Å². The number of thiocarbonyl (C=S) groups is 1. The molecule has 3 aromatic rings. The molecule has 1 aliphatic heterocycles. The van der Waals surface area contributed by atoms with E-state index in [1.165, 1.54) is 37.8 Å². The third-order valence-corrected chi connectivity index (χ3v) is 7.14. The highest BCUT2D eigenvalue weighted by Gasteiger charge is 2.43. The fraction of sp³-hybridized carbons (Fsp3) is 0.385. The fourth-order valence-electron chi connectivity index (χ4n) is 5.25. The minimum atomic E-state index is -0.0909. The van der Waals surface area contributed by atoms with Crippen molar-refractivity contribution < 1.29 is 9.47 Å². The number of ether oxygens (including phenoxy) is 2. The van der Waals surface area contributed by atoms with Gasteiger partial charge in [-0.05, 0) is 61.5 Å². The molecular formula is C26H30N4O2S. The van der Waals surface area contributed by atoms with Crippen molar-refractivity contribution >= 4 is 23.0 Å². The Balaban J connectivity index is 1.65. The fourth-order valence-corrected chi connectivity index (χ4v) is 5.59. The molecule has 1 saturated carbocycles. The van der Waals surface area contributed by atoms with Gasteiger partial charge in [0.15, 0.2) is 5.11 Å². The molecule has 5 rings (SSSR count). The second kappa shape index (κ2) is 9.43. The standard InChI is InChI=1S/C26H30N4O2S/c1-31-19-13-14-23(32-2)22(17-19)30-25(24(28-26(30)33)20-11-6-7-15-27-20)21-12-8-16-29(21)18-9-4-3-5-10-18/h6-8,11-18,24-25H,3-5,9-10H2,1-2H3,(H,28,33)/t24-,25+/m1/s1. The topological polar surface area (TPSA) is 51.6 Å². The number of nitrogens with one attached hydrogen (secondary N) is 1. The molecule has 0 spiro atoms. The summed E-state index contributed by atoms with van der Waals surface area (Å²) >= 11 is 5.92. The van der Waals surface area contributed by atoms with Gasteiger partial charge in [-0.2, -0.15) is 0 Å². The van der Waals surface area contributed by atoms with Crippen LogP contribution in [0, 0.1) is 0 Å². The number of methoxy groups -OCH3 is 2. The van der Waals surface area contributed by atoms with E-state index in [4.69, 9.17) is 21.7 Å². The van der Waals surface area contributed by atoms with Crippen LogP contribution < -0.4 is 19.7 Å². The van der Waals surface area contributed by atoms with Crippen LogP contribution in [0.25, 0.3) is 0 Å². The SMILES string of the molecule is COc1ccc(OC)c(N2C(=S)N[C@H](c3ccccn3)[C@@H]2c2cccn2C2CCCCC2)c1. The maximum Gasteiger partial charge on any atom is 0.174 e. The lowest BCUT2D eigenvalue weighted by molar-refractivity contribution is 0.339. The Morgan fingerprint density at radius 1 is 1.00 bits per heavy atom. The predicted octanol–water partition coefficient (Wildman–Crippen LogP) is 5.58. The Bertz CT molecular complexity index is 1110. The minimum Gasteiger partial charge on any atom is -0.497 e. The zero-order valence-electron chi connectivity index (χ0n) is 19.1. The van der Waals surface area contributed by atoms with Crippen LogP contribution in [0.4, 0.5) is 5.69 Å². The maximum atomic E-state index is 5.92. The molecule has 2 atom stereocenters. The van der Waals surface area contributed by atoms with Crippen LogP contribution in [0.1, 0.15) is 61.6 Å². The number of nitrogens with zero attached hydrogens (tertiary/aromatic N) is 3. The lowest BCUT2D eigenvalue weighted by Gasteiger charge is -2.33. The molecule has 7 heteroatoms. The molecule has 1 aromatic carbocycles. The number of anilines is 1. The van der Waals surface area contributed by atoms with Crippen LogP contribution in [0.2, 0.25) is 0 Å².